The standard InChI is InChI=1S/C28H29F3N8O2/c1-36-4-6-37(7-5-36)22-2-3-39-24(11-22)23(15-33-39)25(40)38-16-27(17-38)12-21(13-27)35-26(41)34-20-9-18(14-32)8-19(10-20)28(29,30)31/h2-3,8-11,15,21H,4-7,12-13,16-17H2,1H3,(H2,34,35,41). The van der Waals surface area contributed by atoms with Crippen molar-refractivity contribution in [3.8, 4) is 6.07 Å². The first-order valence-electron chi connectivity index (χ1n) is 13.4. The molecule has 0 radical (unpaired) electrons. The lowest BCUT2D eigenvalue weighted by molar-refractivity contribution is -0.137. The van der Waals surface area contributed by atoms with E-state index in [1.54, 1.807) is 21.7 Å². The summed E-state index contributed by atoms with van der Waals surface area (Å²) in [6, 6.07) is 7.66. The van der Waals surface area contributed by atoms with Gasteiger partial charge in [-0.2, -0.15) is 23.5 Å². The molecule has 0 bridgehead atoms. The zero-order chi connectivity index (χ0) is 28.9. The smallest absolute Gasteiger partial charge is 0.369 e. The minimum atomic E-state index is -4.63. The van der Waals surface area contributed by atoms with Gasteiger partial charge in [-0.1, -0.05) is 0 Å². The molecule has 1 saturated carbocycles. The highest BCUT2D eigenvalue weighted by Crippen LogP contribution is 2.49. The van der Waals surface area contributed by atoms with E-state index in [2.05, 4.69) is 32.6 Å². The Hall–Kier alpha value is -4.31. The number of carbonyl (C=O) groups excluding carboxylic acids is 2. The van der Waals surface area contributed by atoms with Gasteiger partial charge in [-0.25, -0.2) is 9.31 Å². The number of alkyl halides is 3. The second-order valence-corrected chi connectivity index (χ2v) is 11.3. The number of urea groups is 1. The predicted octanol–water partition coefficient (Wildman–Crippen LogP) is 3.40. The number of likely N-dealkylation sites (N-methyl/N-ethyl adjacent to an activating group) is 1. The van der Waals surface area contributed by atoms with Crippen molar-refractivity contribution in [2.24, 2.45) is 5.41 Å². The zero-order valence-electron chi connectivity index (χ0n) is 22.4. The molecule has 6 rings (SSSR count). The first kappa shape index (κ1) is 26.9. The van der Waals surface area contributed by atoms with Gasteiger partial charge in [0.2, 0.25) is 0 Å². The molecule has 2 aromatic heterocycles. The van der Waals surface area contributed by atoms with Gasteiger partial charge in [0, 0.05) is 68.3 Å². The molecule has 13 heteroatoms. The molecular formula is C28H29F3N8O2. The summed E-state index contributed by atoms with van der Waals surface area (Å²) in [6.07, 6.45) is 0.184. The number of piperazine rings is 1. The van der Waals surface area contributed by atoms with Crippen LogP contribution in [0.4, 0.5) is 29.3 Å². The molecule has 3 fully saturated rings. The number of aromatic nitrogens is 2. The Labute approximate surface area is 234 Å². The lowest BCUT2D eigenvalue weighted by Gasteiger charge is -2.58. The minimum absolute atomic E-state index is 0.0758. The number of anilines is 2. The maximum absolute atomic E-state index is 13.3. The molecule has 3 aromatic rings. The number of likely N-dealkylation sites (tertiary alicyclic amines) is 1. The monoisotopic (exact) mass is 566 g/mol. The number of benzene rings is 1. The fraction of sp³-hybridized carbons (Fsp3) is 0.429. The normalized spacial score (nSPS) is 19.0. The summed E-state index contributed by atoms with van der Waals surface area (Å²) in [5, 5.41) is 18.6. The van der Waals surface area contributed by atoms with Crippen molar-refractivity contribution >= 4 is 28.8 Å². The van der Waals surface area contributed by atoms with Crippen molar-refractivity contribution in [2.45, 2.75) is 25.1 Å². The number of nitrogens with one attached hydrogen (secondary N) is 2. The summed E-state index contributed by atoms with van der Waals surface area (Å²) < 4.78 is 41.1. The number of pyridine rings is 1. The molecule has 0 atom stereocenters. The molecule has 2 N–H and O–H groups in total. The topological polar surface area (TPSA) is 109 Å². The number of halogens is 3. The zero-order valence-corrected chi connectivity index (χ0v) is 22.4. The minimum Gasteiger partial charge on any atom is -0.369 e. The molecule has 3 amide bonds. The van der Waals surface area contributed by atoms with E-state index in [-0.39, 0.29) is 28.6 Å². The number of carbonyl (C=O) groups is 2. The van der Waals surface area contributed by atoms with E-state index in [9.17, 15) is 22.8 Å². The number of amides is 3. The van der Waals surface area contributed by atoms with E-state index in [0.717, 1.165) is 49.5 Å². The first-order chi connectivity index (χ1) is 19.5. The van der Waals surface area contributed by atoms with Gasteiger partial charge in [0.1, 0.15) is 0 Å². The molecule has 2 aliphatic heterocycles. The van der Waals surface area contributed by atoms with Gasteiger partial charge in [-0.3, -0.25) is 4.79 Å². The number of hydrogen-bond donors (Lipinski definition) is 2. The maximum Gasteiger partial charge on any atom is 0.416 e. The van der Waals surface area contributed by atoms with Crippen molar-refractivity contribution < 1.29 is 22.8 Å². The number of nitrogens with zero attached hydrogens (tertiary/aromatic N) is 6. The van der Waals surface area contributed by atoms with Crippen LogP contribution in [0.3, 0.4) is 0 Å². The van der Waals surface area contributed by atoms with Crippen LogP contribution in [-0.2, 0) is 6.18 Å². The quantitative estimate of drug-likeness (QED) is 0.501. The fourth-order valence-electron chi connectivity index (χ4n) is 6.10. The second kappa shape index (κ2) is 9.95. The van der Waals surface area contributed by atoms with Crippen LogP contribution in [0.15, 0.2) is 42.7 Å². The van der Waals surface area contributed by atoms with Gasteiger partial charge in [0.05, 0.1) is 34.5 Å². The molecule has 10 nitrogen and oxygen atoms in total. The first-order valence-corrected chi connectivity index (χ1v) is 13.4. The summed E-state index contributed by atoms with van der Waals surface area (Å²) in [4.78, 5) is 32.2. The van der Waals surface area contributed by atoms with Crippen molar-refractivity contribution in [1.29, 1.82) is 5.26 Å². The highest BCUT2D eigenvalue weighted by Gasteiger charge is 2.54. The van der Waals surface area contributed by atoms with Crippen LogP contribution in [0, 0.1) is 16.7 Å². The summed E-state index contributed by atoms with van der Waals surface area (Å²) in [5.74, 6) is -0.0758. The summed E-state index contributed by atoms with van der Waals surface area (Å²) in [7, 11) is 2.11. The van der Waals surface area contributed by atoms with Crippen molar-refractivity contribution in [2.75, 3.05) is 56.5 Å². The average molecular weight is 567 g/mol. The van der Waals surface area contributed by atoms with Crippen LogP contribution in [0.2, 0.25) is 0 Å². The molecule has 41 heavy (non-hydrogen) atoms. The molecule has 214 valence electrons. The lowest BCUT2D eigenvalue weighted by Crippen LogP contribution is -2.67. The third-order valence-electron chi connectivity index (χ3n) is 8.29. The van der Waals surface area contributed by atoms with E-state index in [4.69, 9.17) is 5.26 Å². The Morgan fingerprint density at radius 1 is 1.10 bits per heavy atom. The highest BCUT2D eigenvalue weighted by atomic mass is 19.4. The Kier molecular flexibility index (Phi) is 6.53. The molecule has 1 aromatic carbocycles. The molecule has 2 saturated heterocycles. The van der Waals surface area contributed by atoms with Gasteiger partial charge >= 0.3 is 12.2 Å². The van der Waals surface area contributed by atoms with Gasteiger partial charge in [-0.15, -0.1) is 0 Å². The molecule has 0 unspecified atom stereocenters. The van der Waals surface area contributed by atoms with E-state index >= 15 is 0 Å². The van der Waals surface area contributed by atoms with Crippen LogP contribution in [0.1, 0.15) is 34.3 Å². The molecular weight excluding hydrogens is 537 g/mol. The number of rotatable bonds is 4. The summed E-state index contributed by atoms with van der Waals surface area (Å²) >= 11 is 0. The van der Waals surface area contributed by atoms with Crippen LogP contribution < -0.4 is 15.5 Å². The molecule has 4 heterocycles. The van der Waals surface area contributed by atoms with E-state index in [1.165, 1.54) is 6.07 Å². The van der Waals surface area contributed by atoms with Crippen LogP contribution in [0.25, 0.3) is 5.52 Å². The van der Waals surface area contributed by atoms with E-state index in [0.29, 0.717) is 31.5 Å². The third kappa shape index (κ3) is 5.27. The molecule has 1 aliphatic carbocycles. The Morgan fingerprint density at radius 3 is 2.51 bits per heavy atom. The Bertz CT molecular complexity index is 1540. The van der Waals surface area contributed by atoms with E-state index in [1.807, 2.05) is 18.3 Å². The lowest BCUT2D eigenvalue weighted by atomic mass is 9.60. The third-order valence-corrected chi connectivity index (χ3v) is 8.29. The highest BCUT2D eigenvalue weighted by molar-refractivity contribution is 6.01. The van der Waals surface area contributed by atoms with Crippen LogP contribution in [0.5, 0.6) is 0 Å². The number of hydrogen-bond acceptors (Lipinski definition) is 6. The average Bonchev–Trinajstić information content (AvgIpc) is 3.32. The van der Waals surface area contributed by atoms with Crippen molar-refractivity contribution in [1.82, 2.24) is 24.7 Å². The largest absolute Gasteiger partial charge is 0.416 e. The molecule has 3 aliphatic rings. The van der Waals surface area contributed by atoms with Crippen LogP contribution in [-0.4, -0.2) is 83.7 Å². The van der Waals surface area contributed by atoms with Crippen molar-refractivity contribution in [3.63, 3.8) is 0 Å². The Morgan fingerprint density at radius 2 is 1.83 bits per heavy atom. The second-order valence-electron chi connectivity index (χ2n) is 11.3. The summed E-state index contributed by atoms with van der Waals surface area (Å²) in [6.45, 7) is 4.95. The SMILES string of the molecule is CN1CCN(c2ccn3ncc(C(=O)N4CC5(CC(NC(=O)Nc6cc(C#N)cc(C(F)(F)F)c6)C5)C4)c3c2)CC1. The number of nitriles is 1. The van der Waals surface area contributed by atoms with Gasteiger partial charge in [0.25, 0.3) is 5.91 Å². The summed E-state index contributed by atoms with van der Waals surface area (Å²) in [5.41, 5.74) is 1.02. The van der Waals surface area contributed by atoms with Crippen LogP contribution >= 0.6 is 0 Å². The van der Waals surface area contributed by atoms with Crippen molar-refractivity contribution in [3.05, 3.63) is 59.4 Å². The van der Waals surface area contributed by atoms with E-state index < -0.39 is 17.8 Å². The Balaban J connectivity index is 1.03. The van der Waals surface area contributed by atoms with Gasteiger partial charge in [0.15, 0.2) is 0 Å². The maximum atomic E-state index is 13.3. The number of fused-ring (bicyclic) bond motifs is 1. The molecule has 1 spiro atoms. The predicted molar refractivity (Wildman–Crippen MR) is 145 cm³/mol. The van der Waals surface area contributed by atoms with Gasteiger partial charge < -0.3 is 25.3 Å². The van der Waals surface area contributed by atoms with Gasteiger partial charge in [-0.05, 0) is 50.2 Å². The fourth-order valence-corrected chi connectivity index (χ4v) is 6.10.